The van der Waals surface area contributed by atoms with E-state index in [-0.39, 0.29) is 43.3 Å². The van der Waals surface area contributed by atoms with Gasteiger partial charge in [-0.3, -0.25) is 14.4 Å². The highest BCUT2D eigenvalue weighted by Gasteiger charge is 2.58. The summed E-state index contributed by atoms with van der Waals surface area (Å²) in [5.74, 6) is -2.10. The highest BCUT2D eigenvalue weighted by molar-refractivity contribution is 6.07. The smallest absolute Gasteiger partial charge is 0.330 e. The molecule has 2 amide bonds. The van der Waals surface area contributed by atoms with Crippen LogP contribution in [0.3, 0.4) is 0 Å². The molecule has 8 nitrogen and oxygen atoms in total. The van der Waals surface area contributed by atoms with Crippen molar-refractivity contribution in [1.29, 1.82) is 0 Å². The van der Waals surface area contributed by atoms with E-state index in [0.29, 0.717) is 16.8 Å². The second-order valence-electron chi connectivity index (χ2n) is 9.38. The van der Waals surface area contributed by atoms with Crippen LogP contribution in [0.4, 0.5) is 14.5 Å². The lowest BCUT2D eigenvalue weighted by molar-refractivity contribution is -0.123. The van der Waals surface area contributed by atoms with Gasteiger partial charge >= 0.3 is 6.17 Å². The lowest BCUT2D eigenvalue weighted by atomic mass is 9.80. The number of fused-ring (bicyclic) bond motifs is 2. The maximum atomic E-state index is 14.1. The molecule has 0 saturated carbocycles. The molecule has 1 fully saturated rings. The lowest BCUT2D eigenvalue weighted by Gasteiger charge is -2.23. The molecule has 3 aromatic rings. The molecule has 2 aromatic carbocycles. The van der Waals surface area contributed by atoms with Crippen LogP contribution in [0.1, 0.15) is 28.0 Å². The number of hydrogen-bond donors (Lipinski definition) is 3. The standard InChI is InChI=1S/C27H23F2N5O3/c1-30-24-13-27(19-12-18(29)7-8-20(19)33-26(27)37)15-34(24)14-23(35)22(11-16-4-2-5-17(28)10-16)32-25(36)21-6-3-9-31-21/h1-10,12,22,24H,11,13-15H2,(H2-,31,32,33,36,37)/p+1/t22-,24-,27-/m0/s1. The van der Waals surface area contributed by atoms with Gasteiger partial charge in [0.1, 0.15) is 17.3 Å². The summed E-state index contributed by atoms with van der Waals surface area (Å²) >= 11 is 0. The third-order valence-electron chi connectivity index (χ3n) is 7.00. The number of anilines is 1. The number of carbonyl (C=O) groups excluding carboxylic acids is 3. The zero-order valence-corrected chi connectivity index (χ0v) is 19.7. The Morgan fingerprint density at radius 3 is 2.70 bits per heavy atom. The molecule has 37 heavy (non-hydrogen) atoms. The fourth-order valence-electron chi connectivity index (χ4n) is 5.17. The fraction of sp³-hybridized carbons (Fsp3) is 0.259. The van der Waals surface area contributed by atoms with E-state index in [4.69, 9.17) is 6.57 Å². The van der Waals surface area contributed by atoms with E-state index in [2.05, 4.69) is 20.5 Å². The van der Waals surface area contributed by atoms with Crippen molar-refractivity contribution in [2.45, 2.75) is 30.5 Å². The second-order valence-corrected chi connectivity index (χ2v) is 9.38. The van der Waals surface area contributed by atoms with Gasteiger partial charge in [-0.05, 0) is 60.0 Å². The Bertz CT molecular complexity index is 1420. The number of rotatable bonds is 7. The van der Waals surface area contributed by atoms with Crippen molar-refractivity contribution in [3.05, 3.63) is 94.1 Å². The molecular formula is C27H24F2N5O3+. The van der Waals surface area contributed by atoms with Gasteiger partial charge in [-0.2, -0.15) is 0 Å². The highest BCUT2D eigenvalue weighted by Crippen LogP contribution is 2.46. The summed E-state index contributed by atoms with van der Waals surface area (Å²) in [5, 5.41) is 5.51. The molecule has 0 aliphatic carbocycles. The number of benzene rings is 2. The monoisotopic (exact) mass is 504 g/mol. The average molecular weight is 505 g/mol. The maximum absolute atomic E-state index is 14.1. The van der Waals surface area contributed by atoms with Crippen molar-refractivity contribution < 1.29 is 23.2 Å². The molecule has 0 unspecified atom stereocenters. The van der Waals surface area contributed by atoms with E-state index < -0.39 is 35.2 Å². The number of likely N-dealkylation sites (tertiary alicyclic amines) is 1. The van der Waals surface area contributed by atoms with Crippen molar-refractivity contribution in [3.63, 3.8) is 0 Å². The molecule has 2 aliphatic rings. The SMILES string of the molecule is C#[N+][C@@H]1C[C@@]2(CN1CC(=O)[C@H](Cc1cccc(F)c1)NC(=O)c1ccc[nH]1)C(=O)Nc1ccc(F)cc12. The molecule has 1 saturated heterocycles. The minimum atomic E-state index is -1.11. The first-order chi connectivity index (χ1) is 17.8. The number of nitrogens with zero attached hydrogens (tertiary/aromatic N) is 2. The largest absolute Gasteiger partial charge is 0.357 e. The van der Waals surface area contributed by atoms with Gasteiger partial charge in [0.15, 0.2) is 5.78 Å². The van der Waals surface area contributed by atoms with Crippen molar-refractivity contribution in [2.24, 2.45) is 0 Å². The quantitative estimate of drug-likeness (QED) is 0.461. The number of nitrogens with one attached hydrogen (secondary N) is 3. The molecule has 2 aliphatic heterocycles. The van der Waals surface area contributed by atoms with Gasteiger partial charge in [-0.25, -0.2) is 13.7 Å². The first kappa shape index (κ1) is 24.3. The van der Waals surface area contributed by atoms with Crippen LogP contribution in [0, 0.1) is 18.2 Å². The van der Waals surface area contributed by atoms with E-state index in [0.717, 1.165) is 0 Å². The van der Waals surface area contributed by atoms with Crippen LogP contribution in [0.25, 0.3) is 4.85 Å². The number of amides is 2. The van der Waals surface area contributed by atoms with Gasteiger partial charge < -0.3 is 15.6 Å². The predicted octanol–water partition coefficient (Wildman–Crippen LogP) is 3.09. The van der Waals surface area contributed by atoms with E-state index in [1.807, 2.05) is 0 Å². The number of carbonyl (C=O) groups is 3. The predicted molar refractivity (Wildman–Crippen MR) is 132 cm³/mol. The Morgan fingerprint density at radius 2 is 1.97 bits per heavy atom. The van der Waals surface area contributed by atoms with Crippen molar-refractivity contribution >= 4 is 23.3 Å². The molecule has 3 atom stereocenters. The number of H-pyrrole nitrogens is 1. The van der Waals surface area contributed by atoms with E-state index in [1.54, 1.807) is 29.3 Å². The van der Waals surface area contributed by atoms with Gasteiger partial charge in [-0.15, -0.1) is 0 Å². The summed E-state index contributed by atoms with van der Waals surface area (Å²) in [7, 11) is 0. The van der Waals surface area contributed by atoms with Crippen LogP contribution in [0.2, 0.25) is 0 Å². The summed E-state index contributed by atoms with van der Waals surface area (Å²) in [6.07, 6.45) is 1.13. The number of hydrogen-bond acceptors (Lipinski definition) is 4. The number of ketones is 1. The van der Waals surface area contributed by atoms with Crippen molar-refractivity contribution in [1.82, 2.24) is 15.2 Å². The molecule has 3 heterocycles. The zero-order valence-electron chi connectivity index (χ0n) is 19.7. The molecular weight excluding hydrogens is 480 g/mol. The van der Waals surface area contributed by atoms with Crippen LogP contribution >= 0.6 is 0 Å². The Labute approximate surface area is 211 Å². The molecule has 5 rings (SSSR count). The summed E-state index contributed by atoms with van der Waals surface area (Å²) in [6, 6.07) is 12.1. The maximum Gasteiger partial charge on any atom is 0.330 e. The molecule has 1 aromatic heterocycles. The van der Waals surface area contributed by atoms with Crippen LogP contribution in [0.5, 0.6) is 0 Å². The first-order valence-corrected chi connectivity index (χ1v) is 11.8. The summed E-state index contributed by atoms with van der Waals surface area (Å²) in [4.78, 5) is 47.6. The molecule has 0 radical (unpaired) electrons. The molecule has 0 bridgehead atoms. The first-order valence-electron chi connectivity index (χ1n) is 11.8. The van der Waals surface area contributed by atoms with Crippen molar-refractivity contribution in [3.8, 4) is 6.57 Å². The average Bonchev–Trinajstić information content (AvgIpc) is 3.59. The van der Waals surface area contributed by atoms with Crippen LogP contribution in [0.15, 0.2) is 60.8 Å². The van der Waals surface area contributed by atoms with Gasteiger partial charge in [0.25, 0.3) is 12.5 Å². The third kappa shape index (κ3) is 4.61. The number of halogens is 2. The van der Waals surface area contributed by atoms with Crippen LogP contribution in [-0.2, 0) is 21.4 Å². The number of aromatic amines is 1. The fourth-order valence-corrected chi connectivity index (χ4v) is 5.17. The Balaban J connectivity index is 1.39. The van der Waals surface area contributed by atoms with Gasteiger partial charge in [-0.1, -0.05) is 17.0 Å². The Hall–Kier alpha value is -4.36. The topological polar surface area (TPSA) is 98.7 Å². The molecule has 3 N–H and O–H groups in total. The number of aromatic nitrogens is 1. The van der Waals surface area contributed by atoms with Crippen LogP contribution < -0.4 is 10.6 Å². The second kappa shape index (κ2) is 9.59. The summed E-state index contributed by atoms with van der Waals surface area (Å²) in [6.45, 7) is 5.56. The molecule has 188 valence electrons. The van der Waals surface area contributed by atoms with Crippen LogP contribution in [-0.4, -0.2) is 52.8 Å². The zero-order chi connectivity index (χ0) is 26.2. The summed E-state index contributed by atoms with van der Waals surface area (Å²) < 4.78 is 27.9. The minimum Gasteiger partial charge on any atom is -0.357 e. The third-order valence-corrected chi connectivity index (χ3v) is 7.00. The highest BCUT2D eigenvalue weighted by atomic mass is 19.1. The normalized spacial score (nSPS) is 21.3. The van der Waals surface area contributed by atoms with E-state index in [9.17, 15) is 23.2 Å². The van der Waals surface area contributed by atoms with Gasteiger partial charge in [0.05, 0.1) is 24.4 Å². The van der Waals surface area contributed by atoms with E-state index in [1.165, 1.54) is 36.4 Å². The van der Waals surface area contributed by atoms with E-state index >= 15 is 0 Å². The van der Waals surface area contributed by atoms with Gasteiger partial charge in [0.2, 0.25) is 5.91 Å². The van der Waals surface area contributed by atoms with Crippen molar-refractivity contribution in [2.75, 3.05) is 18.4 Å². The molecule has 10 heteroatoms. The lowest BCUT2D eigenvalue weighted by Crippen LogP contribution is -2.48. The minimum absolute atomic E-state index is 0.0565. The summed E-state index contributed by atoms with van der Waals surface area (Å²) in [5.41, 5.74) is 0.697. The molecule has 1 spiro atoms. The Kier molecular flexibility index (Phi) is 6.31. The van der Waals surface area contributed by atoms with Gasteiger partial charge in [0, 0.05) is 18.4 Å². The number of Topliss-reactive ketones (excluding diaryl/α,β-unsaturated/α-hetero) is 1. The Morgan fingerprint density at radius 1 is 1.16 bits per heavy atom.